The predicted octanol–water partition coefficient (Wildman–Crippen LogP) is 2.06. The van der Waals surface area contributed by atoms with Crippen molar-refractivity contribution in [3.63, 3.8) is 0 Å². The molecule has 0 aromatic heterocycles. The second-order valence-electron chi connectivity index (χ2n) is 4.48. The van der Waals surface area contributed by atoms with Crippen molar-refractivity contribution in [3.05, 3.63) is 0 Å². The van der Waals surface area contributed by atoms with Gasteiger partial charge in [0, 0.05) is 32.0 Å². The van der Waals surface area contributed by atoms with Crippen LogP contribution in [0.5, 0.6) is 0 Å². The van der Waals surface area contributed by atoms with E-state index in [2.05, 4.69) is 17.4 Å². The maximum absolute atomic E-state index is 11.8. The van der Waals surface area contributed by atoms with E-state index in [9.17, 15) is 4.79 Å². The highest BCUT2D eigenvalue weighted by Gasteiger charge is 2.27. The highest BCUT2D eigenvalue weighted by Crippen LogP contribution is 2.17. The average molecular weight is 241 g/mol. The molecule has 98 valence electrons. The molecule has 0 aromatic carbocycles. The minimum atomic E-state index is 0.00823. The Bertz CT molecular complexity index is 279. The largest absolute Gasteiger partial charge is 0.411 e. The summed E-state index contributed by atoms with van der Waals surface area (Å²) in [6.45, 7) is 6.20. The summed E-state index contributed by atoms with van der Waals surface area (Å²) in [5, 5.41) is 15.1. The monoisotopic (exact) mass is 241 g/mol. The number of nitrogens with one attached hydrogen (secondary N) is 1. The highest BCUT2D eigenvalue weighted by molar-refractivity contribution is 5.89. The summed E-state index contributed by atoms with van der Waals surface area (Å²) in [6, 6.07) is 0.00823. The van der Waals surface area contributed by atoms with Crippen molar-refractivity contribution >= 4 is 11.7 Å². The molecule has 17 heavy (non-hydrogen) atoms. The van der Waals surface area contributed by atoms with Gasteiger partial charge in [-0.3, -0.25) is 0 Å². The molecular weight excluding hydrogens is 218 g/mol. The summed E-state index contributed by atoms with van der Waals surface area (Å²) in [5.41, 5.74) is 0.824. The van der Waals surface area contributed by atoms with E-state index in [-0.39, 0.29) is 11.9 Å². The Kier molecular flexibility index (Phi) is 5.80. The van der Waals surface area contributed by atoms with E-state index in [4.69, 9.17) is 5.21 Å². The smallest absolute Gasteiger partial charge is 0.317 e. The van der Waals surface area contributed by atoms with Gasteiger partial charge in [-0.25, -0.2) is 4.79 Å². The molecule has 1 heterocycles. The highest BCUT2D eigenvalue weighted by atomic mass is 16.4. The molecule has 1 atom stereocenters. The van der Waals surface area contributed by atoms with Crippen LogP contribution in [-0.4, -0.2) is 41.5 Å². The third-order valence-electron chi connectivity index (χ3n) is 3.26. The molecule has 0 aromatic rings. The normalized spacial score (nSPS) is 22.8. The molecule has 1 fully saturated rings. The van der Waals surface area contributed by atoms with E-state index in [0.717, 1.165) is 31.5 Å². The molecule has 1 saturated heterocycles. The first-order valence-electron chi connectivity index (χ1n) is 6.46. The molecule has 0 spiro atoms. The third-order valence-corrected chi connectivity index (χ3v) is 3.26. The van der Waals surface area contributed by atoms with Crippen LogP contribution in [0.3, 0.4) is 0 Å². The van der Waals surface area contributed by atoms with Crippen LogP contribution in [-0.2, 0) is 0 Å². The first-order chi connectivity index (χ1) is 8.22. The number of unbranched alkanes of at least 4 members (excludes halogenated alkanes) is 1. The third kappa shape index (κ3) is 3.91. The number of hydrogen-bond acceptors (Lipinski definition) is 3. The van der Waals surface area contributed by atoms with Gasteiger partial charge < -0.3 is 15.4 Å². The number of carbonyl (C=O) groups is 1. The van der Waals surface area contributed by atoms with Crippen LogP contribution in [0.1, 0.15) is 39.5 Å². The van der Waals surface area contributed by atoms with E-state index in [0.29, 0.717) is 19.5 Å². The zero-order valence-electron chi connectivity index (χ0n) is 10.8. The second kappa shape index (κ2) is 7.14. The van der Waals surface area contributed by atoms with Gasteiger partial charge in [0.2, 0.25) is 0 Å². The van der Waals surface area contributed by atoms with Gasteiger partial charge in [-0.1, -0.05) is 25.4 Å². The Labute approximate surface area is 103 Å². The Morgan fingerprint density at radius 3 is 2.94 bits per heavy atom. The Balaban J connectivity index is 2.43. The molecule has 0 bridgehead atoms. The van der Waals surface area contributed by atoms with Crippen molar-refractivity contribution in [1.82, 2.24) is 10.2 Å². The maximum atomic E-state index is 11.8. The number of oxime groups is 1. The first kappa shape index (κ1) is 13.8. The fraction of sp³-hybridized carbons (Fsp3) is 0.833. The zero-order valence-corrected chi connectivity index (χ0v) is 10.8. The molecular formula is C12H23N3O2. The molecule has 1 rings (SSSR count). The van der Waals surface area contributed by atoms with E-state index >= 15 is 0 Å². The van der Waals surface area contributed by atoms with Crippen LogP contribution < -0.4 is 5.32 Å². The van der Waals surface area contributed by atoms with Gasteiger partial charge in [0.25, 0.3) is 0 Å². The lowest BCUT2D eigenvalue weighted by Crippen LogP contribution is -2.48. The lowest BCUT2D eigenvalue weighted by atomic mass is 9.93. The van der Waals surface area contributed by atoms with Crippen LogP contribution in [0, 0.1) is 5.92 Å². The second-order valence-corrected chi connectivity index (χ2v) is 4.48. The van der Waals surface area contributed by atoms with Gasteiger partial charge >= 0.3 is 6.03 Å². The average Bonchev–Trinajstić information content (AvgIpc) is 2.38. The summed E-state index contributed by atoms with van der Waals surface area (Å²) in [7, 11) is 0. The van der Waals surface area contributed by atoms with Crippen LogP contribution in [0.4, 0.5) is 4.79 Å². The maximum Gasteiger partial charge on any atom is 0.317 e. The molecule has 1 unspecified atom stereocenters. The van der Waals surface area contributed by atoms with E-state index in [1.807, 2.05) is 11.8 Å². The summed E-state index contributed by atoms with van der Waals surface area (Å²) in [6.07, 6.45) is 3.67. The van der Waals surface area contributed by atoms with Gasteiger partial charge in [0.15, 0.2) is 0 Å². The molecule has 2 N–H and O–H groups in total. The number of urea groups is 1. The quantitative estimate of drug-likeness (QED) is 0.449. The SMILES string of the molecule is CCCCNC(=O)N1CCC(=NO)C(CC)C1. The molecule has 0 aliphatic carbocycles. The van der Waals surface area contributed by atoms with E-state index in [1.54, 1.807) is 0 Å². The minimum absolute atomic E-state index is 0.00823. The molecule has 1 aliphatic heterocycles. The number of carbonyl (C=O) groups excluding carboxylic acids is 1. The van der Waals surface area contributed by atoms with Crippen molar-refractivity contribution in [3.8, 4) is 0 Å². The summed E-state index contributed by atoms with van der Waals surface area (Å²) < 4.78 is 0. The number of amides is 2. The van der Waals surface area contributed by atoms with Gasteiger partial charge in [-0.05, 0) is 12.8 Å². The van der Waals surface area contributed by atoms with Crippen LogP contribution in [0.25, 0.3) is 0 Å². The van der Waals surface area contributed by atoms with Crippen LogP contribution in [0.2, 0.25) is 0 Å². The fourth-order valence-electron chi connectivity index (χ4n) is 2.08. The number of piperidine rings is 1. The molecule has 5 nitrogen and oxygen atoms in total. The summed E-state index contributed by atoms with van der Waals surface area (Å²) >= 11 is 0. The number of likely N-dealkylation sites (tertiary alicyclic amines) is 1. The number of rotatable bonds is 4. The molecule has 0 radical (unpaired) electrons. The van der Waals surface area contributed by atoms with Crippen LogP contribution >= 0.6 is 0 Å². The lowest BCUT2D eigenvalue weighted by molar-refractivity contribution is 0.187. The zero-order chi connectivity index (χ0) is 12.7. The Morgan fingerprint density at radius 2 is 2.35 bits per heavy atom. The number of hydrogen-bond donors (Lipinski definition) is 2. The number of nitrogens with zero attached hydrogens (tertiary/aromatic N) is 2. The topological polar surface area (TPSA) is 64.9 Å². The Morgan fingerprint density at radius 1 is 1.59 bits per heavy atom. The van der Waals surface area contributed by atoms with Gasteiger partial charge in [0.1, 0.15) is 0 Å². The molecule has 1 aliphatic rings. The molecule has 5 heteroatoms. The minimum Gasteiger partial charge on any atom is -0.411 e. The summed E-state index contributed by atoms with van der Waals surface area (Å²) in [5.74, 6) is 0.200. The fourth-order valence-corrected chi connectivity index (χ4v) is 2.08. The predicted molar refractivity (Wildman–Crippen MR) is 67.5 cm³/mol. The van der Waals surface area contributed by atoms with Crippen molar-refractivity contribution in [2.75, 3.05) is 19.6 Å². The standard InChI is InChI=1S/C12H23N3O2/c1-3-5-7-13-12(16)15-8-6-11(14-17)10(4-2)9-15/h10,17H,3-9H2,1-2H3,(H,13,16). The van der Waals surface area contributed by atoms with Gasteiger partial charge in [-0.2, -0.15) is 0 Å². The van der Waals surface area contributed by atoms with Crippen molar-refractivity contribution < 1.29 is 10.0 Å². The first-order valence-corrected chi connectivity index (χ1v) is 6.46. The van der Waals surface area contributed by atoms with Crippen molar-refractivity contribution in [1.29, 1.82) is 0 Å². The van der Waals surface area contributed by atoms with E-state index < -0.39 is 0 Å². The van der Waals surface area contributed by atoms with Gasteiger partial charge in [-0.15, -0.1) is 0 Å². The summed E-state index contributed by atoms with van der Waals surface area (Å²) in [4.78, 5) is 13.7. The van der Waals surface area contributed by atoms with Crippen LogP contribution in [0.15, 0.2) is 5.16 Å². The van der Waals surface area contributed by atoms with Crippen molar-refractivity contribution in [2.45, 2.75) is 39.5 Å². The Hall–Kier alpha value is -1.26. The molecule has 0 saturated carbocycles. The molecule has 2 amide bonds. The van der Waals surface area contributed by atoms with Crippen molar-refractivity contribution in [2.24, 2.45) is 11.1 Å². The lowest BCUT2D eigenvalue weighted by Gasteiger charge is -2.32. The van der Waals surface area contributed by atoms with Gasteiger partial charge in [0.05, 0.1) is 5.71 Å². The van der Waals surface area contributed by atoms with E-state index in [1.165, 1.54) is 0 Å².